The number of anilines is 1. The number of fused-ring (bicyclic) bond motifs is 1. The maximum atomic E-state index is 12.9. The second-order valence-corrected chi connectivity index (χ2v) is 9.32. The highest BCUT2D eigenvalue weighted by Gasteiger charge is 2.37. The fraction of sp³-hybridized carbons (Fsp3) is 0.421. The topological polar surface area (TPSA) is 101 Å². The van der Waals surface area contributed by atoms with E-state index in [2.05, 4.69) is 24.8 Å². The van der Waals surface area contributed by atoms with E-state index < -0.39 is 9.84 Å². The predicted molar refractivity (Wildman–Crippen MR) is 106 cm³/mol. The summed E-state index contributed by atoms with van der Waals surface area (Å²) in [4.78, 5) is 18.2. The number of nitrogens with zero attached hydrogens (tertiary/aromatic N) is 4. The van der Waals surface area contributed by atoms with E-state index in [1.807, 2.05) is 19.3 Å². The molecule has 4 rings (SSSR count). The molecule has 1 aliphatic rings. The van der Waals surface area contributed by atoms with Gasteiger partial charge in [-0.15, -0.1) is 0 Å². The molecule has 148 valence electrons. The maximum absolute atomic E-state index is 12.9. The Bertz CT molecular complexity index is 1110. The van der Waals surface area contributed by atoms with E-state index in [4.69, 9.17) is 4.74 Å². The Balaban J connectivity index is 1.45. The Morgan fingerprint density at radius 2 is 2.07 bits per heavy atom. The number of H-pyrrole nitrogens is 1. The number of pyridine rings is 1. The highest BCUT2D eigenvalue weighted by atomic mass is 32.2. The molecule has 1 fully saturated rings. The fourth-order valence-electron chi connectivity index (χ4n) is 3.80. The van der Waals surface area contributed by atoms with Crippen molar-refractivity contribution in [3.05, 3.63) is 36.4 Å². The molecule has 9 heteroatoms. The van der Waals surface area contributed by atoms with E-state index in [1.54, 1.807) is 19.4 Å². The van der Waals surface area contributed by atoms with Gasteiger partial charge in [-0.1, -0.05) is 0 Å². The predicted octanol–water partition coefficient (Wildman–Crippen LogP) is 2.36. The molecule has 0 radical (unpaired) electrons. The zero-order valence-corrected chi connectivity index (χ0v) is 16.9. The van der Waals surface area contributed by atoms with Crippen molar-refractivity contribution < 1.29 is 13.2 Å². The molecular formula is C19H23N5O3S. The van der Waals surface area contributed by atoms with E-state index in [1.165, 1.54) is 13.2 Å². The van der Waals surface area contributed by atoms with Crippen LogP contribution in [0.15, 0.2) is 35.7 Å². The normalized spacial score (nSPS) is 19.4. The van der Waals surface area contributed by atoms with Gasteiger partial charge < -0.3 is 14.6 Å². The third kappa shape index (κ3) is 3.30. The molecule has 0 atom stereocenters. The van der Waals surface area contributed by atoms with Crippen molar-refractivity contribution in [1.29, 1.82) is 0 Å². The summed E-state index contributed by atoms with van der Waals surface area (Å²) in [5, 5.41) is 0.973. The standard InChI is InChI=1S/C19H23N5O3S/c1-12-9-21-17(27-3)8-16(12)28(25,26)10-13-6-14(7-13)24(2)19-15-4-5-20-18(15)22-11-23-19/h4-5,8-9,11,13-14H,6-7,10H2,1-3H3,(H,20,22,23)/t13-,14+. The Kier molecular flexibility index (Phi) is 4.70. The first-order valence-electron chi connectivity index (χ1n) is 9.13. The largest absolute Gasteiger partial charge is 0.481 e. The molecule has 0 amide bonds. The lowest BCUT2D eigenvalue weighted by Crippen LogP contribution is -2.45. The second-order valence-electron chi connectivity index (χ2n) is 7.31. The molecule has 0 spiro atoms. The van der Waals surface area contributed by atoms with Crippen molar-refractivity contribution in [2.24, 2.45) is 5.92 Å². The van der Waals surface area contributed by atoms with Crippen LogP contribution >= 0.6 is 0 Å². The van der Waals surface area contributed by atoms with Crippen LogP contribution in [0.3, 0.4) is 0 Å². The van der Waals surface area contributed by atoms with Gasteiger partial charge >= 0.3 is 0 Å². The van der Waals surface area contributed by atoms with Crippen molar-refractivity contribution in [2.45, 2.75) is 30.7 Å². The molecule has 1 saturated carbocycles. The first-order valence-corrected chi connectivity index (χ1v) is 10.8. The summed E-state index contributed by atoms with van der Waals surface area (Å²) in [6, 6.07) is 3.74. The average Bonchev–Trinajstić information content (AvgIpc) is 3.13. The van der Waals surface area contributed by atoms with Gasteiger partial charge in [0.1, 0.15) is 17.8 Å². The Labute approximate surface area is 163 Å². The van der Waals surface area contributed by atoms with E-state index in [0.29, 0.717) is 16.3 Å². The summed E-state index contributed by atoms with van der Waals surface area (Å²) in [5.41, 5.74) is 1.45. The van der Waals surface area contributed by atoms with Gasteiger partial charge in [-0.25, -0.2) is 23.4 Å². The first kappa shape index (κ1) is 18.7. The highest BCUT2D eigenvalue weighted by molar-refractivity contribution is 7.91. The number of hydrogen-bond acceptors (Lipinski definition) is 7. The van der Waals surface area contributed by atoms with Gasteiger partial charge in [0.25, 0.3) is 0 Å². The van der Waals surface area contributed by atoms with Gasteiger partial charge in [-0.05, 0) is 37.3 Å². The van der Waals surface area contributed by atoms with Crippen LogP contribution in [0.4, 0.5) is 5.82 Å². The smallest absolute Gasteiger partial charge is 0.214 e. The van der Waals surface area contributed by atoms with Crippen molar-refractivity contribution >= 4 is 26.7 Å². The molecule has 3 aromatic rings. The lowest BCUT2D eigenvalue weighted by Gasteiger charge is -2.41. The molecule has 1 N–H and O–H groups in total. The second kappa shape index (κ2) is 7.05. The van der Waals surface area contributed by atoms with Crippen molar-refractivity contribution in [1.82, 2.24) is 19.9 Å². The van der Waals surface area contributed by atoms with Crippen molar-refractivity contribution in [2.75, 3.05) is 24.8 Å². The minimum absolute atomic E-state index is 0.125. The Morgan fingerprint density at radius 1 is 1.29 bits per heavy atom. The van der Waals surface area contributed by atoms with Crippen LogP contribution in [0, 0.1) is 12.8 Å². The fourth-order valence-corrected chi connectivity index (χ4v) is 5.70. The average molecular weight is 401 g/mol. The zero-order chi connectivity index (χ0) is 19.9. The lowest BCUT2D eigenvalue weighted by molar-refractivity contribution is 0.282. The number of hydrogen-bond donors (Lipinski definition) is 1. The van der Waals surface area contributed by atoms with E-state index in [0.717, 1.165) is 29.7 Å². The number of nitrogens with one attached hydrogen (secondary N) is 1. The third-order valence-corrected chi connectivity index (χ3v) is 7.47. The number of sulfone groups is 1. The summed E-state index contributed by atoms with van der Waals surface area (Å²) < 4.78 is 30.9. The van der Waals surface area contributed by atoms with Crippen LogP contribution < -0.4 is 9.64 Å². The minimum atomic E-state index is -3.39. The molecule has 28 heavy (non-hydrogen) atoms. The molecule has 0 aliphatic heterocycles. The molecule has 3 heterocycles. The number of aromatic nitrogens is 4. The van der Waals surface area contributed by atoms with Crippen molar-refractivity contribution in [3.8, 4) is 5.88 Å². The van der Waals surface area contributed by atoms with E-state index in [-0.39, 0.29) is 17.7 Å². The lowest BCUT2D eigenvalue weighted by atomic mass is 9.81. The minimum Gasteiger partial charge on any atom is -0.481 e. The molecule has 1 aliphatic carbocycles. The number of ether oxygens (including phenoxy) is 1. The summed E-state index contributed by atoms with van der Waals surface area (Å²) in [6.07, 6.45) is 6.56. The van der Waals surface area contributed by atoms with E-state index in [9.17, 15) is 8.42 Å². The van der Waals surface area contributed by atoms with Gasteiger partial charge in [-0.3, -0.25) is 0 Å². The van der Waals surface area contributed by atoms with Crippen LogP contribution in [0.25, 0.3) is 11.0 Å². The summed E-state index contributed by atoms with van der Waals surface area (Å²) in [7, 11) is 0.0909. The quantitative estimate of drug-likeness (QED) is 0.676. The molecular weight excluding hydrogens is 378 g/mol. The first-order chi connectivity index (χ1) is 13.4. The molecule has 0 aromatic carbocycles. The van der Waals surface area contributed by atoms with Gasteiger partial charge in [0.05, 0.1) is 23.1 Å². The van der Waals surface area contributed by atoms with Crippen LogP contribution in [0.5, 0.6) is 5.88 Å². The monoisotopic (exact) mass is 401 g/mol. The van der Waals surface area contributed by atoms with Gasteiger partial charge in [0.15, 0.2) is 9.84 Å². The Morgan fingerprint density at radius 3 is 2.82 bits per heavy atom. The van der Waals surface area contributed by atoms with Crippen LogP contribution in [0.1, 0.15) is 18.4 Å². The zero-order valence-electron chi connectivity index (χ0n) is 16.1. The maximum Gasteiger partial charge on any atom is 0.214 e. The summed E-state index contributed by atoms with van der Waals surface area (Å²) in [6.45, 7) is 1.76. The molecule has 8 nitrogen and oxygen atoms in total. The Hall–Kier alpha value is -2.68. The molecule has 0 saturated heterocycles. The van der Waals surface area contributed by atoms with Gasteiger partial charge in [0, 0.05) is 31.5 Å². The summed E-state index contributed by atoms with van der Waals surface area (Å²) in [5.74, 6) is 1.44. The summed E-state index contributed by atoms with van der Waals surface area (Å²) >= 11 is 0. The molecule has 3 aromatic heterocycles. The molecule has 0 bridgehead atoms. The highest BCUT2D eigenvalue weighted by Crippen LogP contribution is 2.37. The van der Waals surface area contributed by atoms with Gasteiger partial charge in [0.2, 0.25) is 5.88 Å². The number of rotatable bonds is 6. The van der Waals surface area contributed by atoms with Gasteiger partial charge in [-0.2, -0.15) is 0 Å². The number of methoxy groups -OCH3 is 1. The number of aryl methyl sites for hydroxylation is 1. The number of aromatic amines is 1. The van der Waals surface area contributed by atoms with Crippen LogP contribution in [-0.2, 0) is 9.84 Å². The molecule has 0 unspecified atom stereocenters. The van der Waals surface area contributed by atoms with Crippen LogP contribution in [0.2, 0.25) is 0 Å². The van der Waals surface area contributed by atoms with E-state index >= 15 is 0 Å². The van der Waals surface area contributed by atoms with Crippen molar-refractivity contribution in [3.63, 3.8) is 0 Å². The SMILES string of the molecule is COc1cc(S(=O)(=O)C[C@H]2C[C@@H](N(C)c3ncnc4[nH]ccc34)C2)c(C)cn1. The van der Waals surface area contributed by atoms with Crippen LogP contribution in [-0.4, -0.2) is 54.3 Å². The third-order valence-electron chi connectivity index (χ3n) is 5.45.